The molecule has 1 N–H and O–H groups in total. The zero-order valence-electron chi connectivity index (χ0n) is 16.6. The Morgan fingerprint density at radius 3 is 2.55 bits per heavy atom. The lowest BCUT2D eigenvalue weighted by Gasteiger charge is -2.04. The number of carbonyl (C=O) groups excluding carboxylic acids is 1. The first-order valence-corrected chi connectivity index (χ1v) is 9.96. The van der Waals surface area contributed by atoms with E-state index >= 15 is 0 Å². The van der Waals surface area contributed by atoms with Gasteiger partial charge in [-0.3, -0.25) is 18.7 Å². The minimum Gasteiger partial charge on any atom is -0.460 e. The number of rotatable bonds is 7. The third kappa shape index (κ3) is 4.34. The number of H-pyrrole nitrogens is 1. The van der Waals surface area contributed by atoms with Crippen LogP contribution in [0.1, 0.15) is 12.5 Å². The standard InChI is InChI=1S/C20H22N4O4S/c1-13(2)10-24-16-17(22(3)20(27)23(4)18(16)26)21-19(24)29-12-15(25)28-11-14-8-6-5-7-9-14/h5-9H,1,10-12H2,2-4H3/p+1. The van der Waals surface area contributed by atoms with Gasteiger partial charge < -0.3 is 4.74 Å². The van der Waals surface area contributed by atoms with Crippen molar-refractivity contribution < 1.29 is 14.1 Å². The number of thioether (sulfide) groups is 1. The molecule has 0 unspecified atom stereocenters. The molecule has 0 radical (unpaired) electrons. The van der Waals surface area contributed by atoms with Gasteiger partial charge in [0, 0.05) is 14.1 Å². The molecule has 1 aromatic carbocycles. The van der Waals surface area contributed by atoms with E-state index in [4.69, 9.17) is 4.74 Å². The van der Waals surface area contributed by atoms with E-state index in [0.29, 0.717) is 22.9 Å². The highest BCUT2D eigenvalue weighted by molar-refractivity contribution is 7.99. The van der Waals surface area contributed by atoms with Crippen molar-refractivity contribution in [3.63, 3.8) is 0 Å². The Kier molecular flexibility index (Phi) is 6.07. The number of imidazole rings is 1. The molecule has 29 heavy (non-hydrogen) atoms. The van der Waals surface area contributed by atoms with Gasteiger partial charge in [-0.15, -0.1) is 0 Å². The Hall–Kier alpha value is -3.07. The predicted octanol–water partition coefficient (Wildman–Crippen LogP) is 1.26. The van der Waals surface area contributed by atoms with Gasteiger partial charge in [0.15, 0.2) is 0 Å². The molecule has 0 saturated heterocycles. The van der Waals surface area contributed by atoms with Gasteiger partial charge >= 0.3 is 22.4 Å². The van der Waals surface area contributed by atoms with Crippen molar-refractivity contribution in [2.75, 3.05) is 5.75 Å². The minimum atomic E-state index is -0.426. The van der Waals surface area contributed by atoms with Crippen molar-refractivity contribution in [1.82, 2.24) is 14.1 Å². The summed E-state index contributed by atoms with van der Waals surface area (Å²) in [5.41, 5.74) is 1.68. The Labute approximate surface area is 171 Å². The Morgan fingerprint density at radius 2 is 1.90 bits per heavy atom. The van der Waals surface area contributed by atoms with Gasteiger partial charge in [0.25, 0.3) is 11.2 Å². The third-order valence-electron chi connectivity index (χ3n) is 4.38. The number of hydrogen-bond acceptors (Lipinski definition) is 5. The molecule has 0 bridgehead atoms. The van der Waals surface area contributed by atoms with Crippen LogP contribution in [-0.4, -0.2) is 25.8 Å². The van der Waals surface area contributed by atoms with Crippen molar-refractivity contribution in [1.29, 1.82) is 0 Å². The average molecular weight is 415 g/mol. The van der Waals surface area contributed by atoms with Crippen LogP contribution in [0, 0.1) is 0 Å². The summed E-state index contributed by atoms with van der Waals surface area (Å²) in [6.45, 7) is 6.35. The minimum absolute atomic E-state index is 0.0596. The molecule has 152 valence electrons. The third-order valence-corrected chi connectivity index (χ3v) is 5.35. The monoisotopic (exact) mass is 415 g/mol. The molecule has 3 aromatic rings. The number of benzene rings is 1. The molecular formula is C20H23N4O4S+. The van der Waals surface area contributed by atoms with Gasteiger partial charge in [0.1, 0.15) is 18.9 Å². The van der Waals surface area contributed by atoms with Crippen molar-refractivity contribution in [3.05, 3.63) is 68.9 Å². The summed E-state index contributed by atoms with van der Waals surface area (Å²) in [6.07, 6.45) is 0. The second kappa shape index (κ2) is 8.52. The highest BCUT2D eigenvalue weighted by Gasteiger charge is 2.26. The van der Waals surface area contributed by atoms with E-state index in [0.717, 1.165) is 15.7 Å². The lowest BCUT2D eigenvalue weighted by atomic mass is 10.2. The zero-order valence-corrected chi connectivity index (χ0v) is 17.4. The SMILES string of the molecule is C=C(C)C[n+]1c(SCC(=O)OCc2ccccc2)[nH]c2c1c(=O)n(C)c(=O)n2C. The maximum atomic E-state index is 12.7. The van der Waals surface area contributed by atoms with Gasteiger partial charge in [-0.1, -0.05) is 36.9 Å². The maximum Gasteiger partial charge on any atom is 0.333 e. The molecule has 9 heteroatoms. The van der Waals surface area contributed by atoms with Crippen LogP contribution in [-0.2, 0) is 36.8 Å². The first kappa shape index (κ1) is 20.7. The number of nitrogens with one attached hydrogen (secondary N) is 1. The van der Waals surface area contributed by atoms with Crippen LogP contribution >= 0.6 is 11.8 Å². The summed E-state index contributed by atoms with van der Waals surface area (Å²) in [7, 11) is 3.03. The molecule has 8 nitrogen and oxygen atoms in total. The molecule has 0 aliphatic rings. The number of fused-ring (bicyclic) bond motifs is 1. The molecular weight excluding hydrogens is 392 g/mol. The van der Waals surface area contributed by atoms with Crippen LogP contribution in [0.3, 0.4) is 0 Å². The number of ether oxygens (including phenoxy) is 1. The normalized spacial score (nSPS) is 11.0. The molecule has 2 heterocycles. The molecule has 3 rings (SSSR count). The van der Waals surface area contributed by atoms with E-state index in [1.165, 1.54) is 23.4 Å². The molecule has 0 saturated carbocycles. The second-order valence-electron chi connectivity index (χ2n) is 6.81. The average Bonchev–Trinajstić information content (AvgIpc) is 3.06. The zero-order chi connectivity index (χ0) is 21.1. The molecule has 0 spiro atoms. The van der Waals surface area contributed by atoms with Crippen molar-refractivity contribution in [2.24, 2.45) is 14.1 Å². The largest absolute Gasteiger partial charge is 0.460 e. The van der Waals surface area contributed by atoms with Gasteiger partial charge in [-0.25, -0.2) is 14.3 Å². The van der Waals surface area contributed by atoms with E-state index in [1.54, 1.807) is 11.6 Å². The lowest BCUT2D eigenvalue weighted by molar-refractivity contribution is -0.701. The van der Waals surface area contributed by atoms with Crippen molar-refractivity contribution >= 4 is 28.9 Å². The smallest absolute Gasteiger partial charge is 0.333 e. The number of esters is 1. The van der Waals surface area contributed by atoms with E-state index < -0.39 is 11.2 Å². The van der Waals surface area contributed by atoms with E-state index in [9.17, 15) is 14.4 Å². The van der Waals surface area contributed by atoms with Crippen molar-refractivity contribution in [3.8, 4) is 0 Å². The van der Waals surface area contributed by atoms with Crippen molar-refractivity contribution in [2.45, 2.75) is 25.2 Å². The number of aromatic nitrogens is 4. The Morgan fingerprint density at radius 1 is 1.21 bits per heavy atom. The van der Waals surface area contributed by atoms with Crippen LogP contribution in [0.15, 0.2) is 57.2 Å². The fourth-order valence-electron chi connectivity index (χ4n) is 2.92. The van der Waals surface area contributed by atoms with Crippen LogP contribution < -0.4 is 15.8 Å². The number of aromatic amines is 1. The molecule has 2 aromatic heterocycles. The van der Waals surface area contributed by atoms with Crippen LogP contribution in [0.25, 0.3) is 11.2 Å². The molecule has 0 aliphatic carbocycles. The van der Waals surface area contributed by atoms with Gasteiger partial charge in [0.05, 0.1) is 0 Å². The summed E-state index contributed by atoms with van der Waals surface area (Å²) in [6, 6.07) is 9.43. The summed E-state index contributed by atoms with van der Waals surface area (Å²) in [5, 5.41) is 0.581. The van der Waals surface area contributed by atoms with E-state index in [1.807, 2.05) is 37.3 Å². The van der Waals surface area contributed by atoms with Crippen LogP contribution in [0.2, 0.25) is 0 Å². The summed E-state index contributed by atoms with van der Waals surface area (Å²) >= 11 is 1.22. The topological polar surface area (TPSA) is 90.0 Å². The summed E-state index contributed by atoms with van der Waals surface area (Å²) in [5.74, 6) is -0.314. The van der Waals surface area contributed by atoms with E-state index in [2.05, 4.69) is 11.6 Å². The van der Waals surface area contributed by atoms with Crippen LogP contribution in [0.4, 0.5) is 0 Å². The first-order valence-electron chi connectivity index (χ1n) is 8.98. The lowest BCUT2D eigenvalue weighted by Crippen LogP contribution is -2.44. The number of allylic oxidation sites excluding steroid dienone is 1. The quantitative estimate of drug-likeness (QED) is 0.272. The highest BCUT2D eigenvalue weighted by atomic mass is 32.2. The number of nitrogens with zero attached hydrogens (tertiary/aromatic N) is 3. The van der Waals surface area contributed by atoms with Crippen LogP contribution in [0.5, 0.6) is 0 Å². The number of carbonyl (C=O) groups is 1. The number of hydrogen-bond donors (Lipinski definition) is 1. The molecule has 0 atom stereocenters. The van der Waals surface area contributed by atoms with Gasteiger partial charge in [0.2, 0.25) is 0 Å². The molecule has 0 fully saturated rings. The summed E-state index contributed by atoms with van der Waals surface area (Å²) in [4.78, 5) is 40.2. The van der Waals surface area contributed by atoms with Gasteiger partial charge in [-0.2, -0.15) is 0 Å². The maximum absolute atomic E-state index is 12.7. The van der Waals surface area contributed by atoms with E-state index in [-0.39, 0.29) is 18.3 Å². The Bertz CT molecular complexity index is 1190. The Balaban J connectivity index is 1.86. The number of aryl methyl sites for hydroxylation is 1. The highest BCUT2D eigenvalue weighted by Crippen LogP contribution is 2.16. The predicted molar refractivity (Wildman–Crippen MR) is 111 cm³/mol. The fourth-order valence-corrected chi connectivity index (χ4v) is 3.74. The molecule has 0 aliphatic heterocycles. The molecule has 0 amide bonds. The first-order chi connectivity index (χ1) is 13.8. The fraction of sp³-hybridized carbons (Fsp3) is 0.300. The summed E-state index contributed by atoms with van der Waals surface area (Å²) < 4.78 is 9.50. The second-order valence-corrected chi connectivity index (χ2v) is 7.78. The van der Waals surface area contributed by atoms with Gasteiger partial charge in [-0.05, 0) is 29.8 Å².